The van der Waals surface area contributed by atoms with E-state index in [0.717, 1.165) is 33.7 Å². The molecule has 4 rings (SSSR count). The number of rotatable bonds is 5. The van der Waals surface area contributed by atoms with Crippen molar-refractivity contribution in [2.75, 3.05) is 7.05 Å². The Labute approximate surface area is 163 Å². The average molecular weight is 374 g/mol. The van der Waals surface area contributed by atoms with Gasteiger partial charge in [-0.1, -0.05) is 18.2 Å². The first-order valence-corrected chi connectivity index (χ1v) is 9.11. The third-order valence-corrected chi connectivity index (χ3v) is 4.59. The first-order valence-electron chi connectivity index (χ1n) is 9.11. The van der Waals surface area contributed by atoms with Gasteiger partial charge in [0.1, 0.15) is 11.3 Å². The normalized spacial score (nSPS) is 11.7. The second kappa shape index (κ2) is 7.96. The highest BCUT2D eigenvalue weighted by Crippen LogP contribution is 2.24. The lowest BCUT2D eigenvalue weighted by Crippen LogP contribution is -2.36. The maximum absolute atomic E-state index is 5.95. The maximum atomic E-state index is 5.95. The number of benzene rings is 1. The summed E-state index contributed by atoms with van der Waals surface area (Å²) in [5.74, 6) is 2.40. The van der Waals surface area contributed by atoms with Gasteiger partial charge < -0.3 is 15.1 Å². The minimum absolute atomic E-state index is 0.565. The van der Waals surface area contributed by atoms with Crippen molar-refractivity contribution in [3.63, 3.8) is 0 Å². The number of furan rings is 1. The third-order valence-electron chi connectivity index (χ3n) is 4.59. The summed E-state index contributed by atoms with van der Waals surface area (Å²) in [6.45, 7) is 3.26. The van der Waals surface area contributed by atoms with Crippen LogP contribution in [0.4, 0.5) is 0 Å². The molecule has 0 spiro atoms. The summed E-state index contributed by atoms with van der Waals surface area (Å²) in [7, 11) is 1.75. The summed E-state index contributed by atoms with van der Waals surface area (Å²) in [4.78, 5) is 8.64. The first-order chi connectivity index (χ1) is 13.7. The molecule has 3 aromatic heterocycles. The summed E-state index contributed by atoms with van der Waals surface area (Å²) >= 11 is 0. The van der Waals surface area contributed by atoms with Gasteiger partial charge in [0.15, 0.2) is 11.8 Å². The van der Waals surface area contributed by atoms with Crippen molar-refractivity contribution in [2.45, 2.75) is 20.0 Å². The van der Waals surface area contributed by atoms with Gasteiger partial charge in [-0.15, -0.1) is 0 Å². The van der Waals surface area contributed by atoms with Crippen molar-refractivity contribution in [2.24, 2.45) is 4.99 Å². The van der Waals surface area contributed by atoms with Gasteiger partial charge in [0.25, 0.3) is 0 Å². The molecule has 7 heteroatoms. The van der Waals surface area contributed by atoms with Gasteiger partial charge in [0.2, 0.25) is 0 Å². The SMILES string of the molecule is CN=C(NCc1ccnc(-n2cccn2)c1)NCc1oc2ccccc2c1C. The fourth-order valence-corrected chi connectivity index (χ4v) is 3.06. The van der Waals surface area contributed by atoms with Crippen molar-refractivity contribution < 1.29 is 4.42 Å². The maximum Gasteiger partial charge on any atom is 0.191 e. The predicted molar refractivity (Wildman–Crippen MR) is 109 cm³/mol. The van der Waals surface area contributed by atoms with Crippen LogP contribution < -0.4 is 10.6 Å². The Kier molecular flexibility index (Phi) is 5.05. The van der Waals surface area contributed by atoms with Crippen LogP contribution in [0.15, 0.2) is 70.5 Å². The van der Waals surface area contributed by atoms with Crippen LogP contribution >= 0.6 is 0 Å². The van der Waals surface area contributed by atoms with Gasteiger partial charge in [-0.2, -0.15) is 5.10 Å². The molecular formula is C21H22N6O. The number of nitrogens with zero attached hydrogens (tertiary/aromatic N) is 4. The molecule has 0 aliphatic rings. The van der Waals surface area contributed by atoms with E-state index in [9.17, 15) is 0 Å². The number of fused-ring (bicyclic) bond motifs is 1. The van der Waals surface area contributed by atoms with Crippen LogP contribution in [0.2, 0.25) is 0 Å². The fraction of sp³-hybridized carbons (Fsp3) is 0.190. The predicted octanol–water partition coefficient (Wildman–Crippen LogP) is 3.19. The molecular weight excluding hydrogens is 352 g/mol. The van der Waals surface area contributed by atoms with Gasteiger partial charge >= 0.3 is 0 Å². The Hall–Kier alpha value is -3.61. The molecule has 0 atom stereocenters. The van der Waals surface area contributed by atoms with E-state index in [2.05, 4.69) is 38.7 Å². The minimum Gasteiger partial charge on any atom is -0.459 e. The molecule has 142 valence electrons. The van der Waals surface area contributed by atoms with Crippen molar-refractivity contribution in [3.8, 4) is 5.82 Å². The second-order valence-corrected chi connectivity index (χ2v) is 6.40. The van der Waals surface area contributed by atoms with Crippen LogP contribution in [0.5, 0.6) is 0 Å². The van der Waals surface area contributed by atoms with E-state index in [0.29, 0.717) is 19.0 Å². The lowest BCUT2D eigenvalue weighted by Gasteiger charge is -2.12. The van der Waals surface area contributed by atoms with E-state index in [-0.39, 0.29) is 0 Å². The van der Waals surface area contributed by atoms with Crippen LogP contribution in [0.3, 0.4) is 0 Å². The van der Waals surface area contributed by atoms with E-state index in [1.165, 1.54) is 0 Å². The van der Waals surface area contributed by atoms with Crippen LogP contribution in [-0.2, 0) is 13.1 Å². The van der Waals surface area contributed by atoms with Crippen molar-refractivity contribution >= 4 is 16.9 Å². The Bertz CT molecular complexity index is 1100. The summed E-state index contributed by atoms with van der Waals surface area (Å²) in [5.41, 5.74) is 3.14. The molecule has 0 unspecified atom stereocenters. The largest absolute Gasteiger partial charge is 0.459 e. The molecule has 1 aromatic carbocycles. The lowest BCUT2D eigenvalue weighted by molar-refractivity contribution is 0.534. The number of hydrogen-bond donors (Lipinski definition) is 2. The molecule has 0 amide bonds. The Morgan fingerprint density at radius 2 is 1.96 bits per heavy atom. The van der Waals surface area contributed by atoms with Gasteiger partial charge in [-0.05, 0) is 36.8 Å². The molecule has 0 fully saturated rings. The van der Waals surface area contributed by atoms with E-state index in [4.69, 9.17) is 4.42 Å². The highest BCUT2D eigenvalue weighted by molar-refractivity contribution is 5.82. The van der Waals surface area contributed by atoms with Gasteiger partial charge in [-0.3, -0.25) is 4.99 Å². The zero-order chi connectivity index (χ0) is 19.3. The fourth-order valence-electron chi connectivity index (χ4n) is 3.06. The third kappa shape index (κ3) is 3.73. The van der Waals surface area contributed by atoms with E-state index < -0.39 is 0 Å². The number of aliphatic imine (C=N–C) groups is 1. The molecule has 3 heterocycles. The molecule has 28 heavy (non-hydrogen) atoms. The van der Waals surface area contributed by atoms with Gasteiger partial charge in [0, 0.05) is 43.1 Å². The number of hydrogen-bond acceptors (Lipinski definition) is 4. The van der Waals surface area contributed by atoms with Crippen LogP contribution in [0.25, 0.3) is 16.8 Å². The van der Waals surface area contributed by atoms with E-state index in [1.807, 2.05) is 42.6 Å². The first kappa shape index (κ1) is 17.8. The lowest BCUT2D eigenvalue weighted by atomic mass is 10.1. The monoisotopic (exact) mass is 374 g/mol. The standard InChI is InChI=1S/C21H22N6O/c1-15-17-6-3-4-7-18(17)28-19(15)14-25-21(22-2)24-13-16-8-10-23-20(12-16)27-11-5-9-26-27/h3-12H,13-14H2,1-2H3,(H2,22,24,25). The number of para-hydroxylation sites is 1. The number of pyridine rings is 1. The number of nitrogens with one attached hydrogen (secondary N) is 2. The van der Waals surface area contributed by atoms with Crippen molar-refractivity contribution in [1.82, 2.24) is 25.4 Å². The van der Waals surface area contributed by atoms with Crippen LogP contribution in [-0.4, -0.2) is 27.8 Å². The highest BCUT2D eigenvalue weighted by atomic mass is 16.3. The topological polar surface area (TPSA) is 80.3 Å². The zero-order valence-corrected chi connectivity index (χ0v) is 15.9. The molecule has 0 saturated heterocycles. The second-order valence-electron chi connectivity index (χ2n) is 6.40. The molecule has 2 N–H and O–H groups in total. The Morgan fingerprint density at radius 1 is 1.11 bits per heavy atom. The van der Waals surface area contributed by atoms with Gasteiger partial charge in [-0.25, -0.2) is 9.67 Å². The summed E-state index contributed by atoms with van der Waals surface area (Å²) < 4.78 is 7.69. The number of guanidine groups is 1. The van der Waals surface area contributed by atoms with Gasteiger partial charge in [0.05, 0.1) is 6.54 Å². The Morgan fingerprint density at radius 3 is 2.75 bits per heavy atom. The van der Waals surface area contributed by atoms with E-state index in [1.54, 1.807) is 24.1 Å². The molecule has 0 bridgehead atoms. The van der Waals surface area contributed by atoms with Crippen molar-refractivity contribution in [3.05, 3.63) is 77.9 Å². The summed E-state index contributed by atoms with van der Waals surface area (Å²) in [5, 5.41) is 12.0. The molecule has 0 aliphatic carbocycles. The van der Waals surface area contributed by atoms with Crippen LogP contribution in [0.1, 0.15) is 16.9 Å². The molecule has 0 radical (unpaired) electrons. The molecule has 0 saturated carbocycles. The van der Waals surface area contributed by atoms with Crippen molar-refractivity contribution in [1.29, 1.82) is 0 Å². The summed E-state index contributed by atoms with van der Waals surface area (Å²) in [6.07, 6.45) is 5.39. The number of aromatic nitrogens is 3. The molecule has 7 nitrogen and oxygen atoms in total. The minimum atomic E-state index is 0.565. The quantitative estimate of drug-likeness (QED) is 0.414. The van der Waals surface area contributed by atoms with E-state index >= 15 is 0 Å². The zero-order valence-electron chi connectivity index (χ0n) is 15.9. The number of aryl methyl sites for hydroxylation is 1. The smallest absolute Gasteiger partial charge is 0.191 e. The molecule has 4 aromatic rings. The molecule has 0 aliphatic heterocycles. The summed E-state index contributed by atoms with van der Waals surface area (Å²) in [6, 6.07) is 13.9. The average Bonchev–Trinajstić information content (AvgIpc) is 3.37. The Balaban J connectivity index is 1.39. The highest BCUT2D eigenvalue weighted by Gasteiger charge is 2.10. The van der Waals surface area contributed by atoms with Crippen LogP contribution in [0, 0.1) is 6.92 Å².